The van der Waals surface area contributed by atoms with Crippen LogP contribution >= 0.6 is 22.9 Å². The zero-order valence-corrected chi connectivity index (χ0v) is 15.0. The van der Waals surface area contributed by atoms with Gasteiger partial charge in [-0.2, -0.15) is 4.52 Å². The first-order chi connectivity index (χ1) is 12.0. The Morgan fingerprint density at radius 2 is 2.08 bits per heavy atom. The molecule has 0 fully saturated rings. The Labute approximate surface area is 152 Å². The Kier molecular flexibility index (Phi) is 5.30. The maximum Gasteiger partial charge on any atom is 0.275 e. The van der Waals surface area contributed by atoms with Crippen molar-refractivity contribution in [1.82, 2.24) is 14.6 Å². The minimum absolute atomic E-state index is 0.0268. The van der Waals surface area contributed by atoms with E-state index in [1.54, 1.807) is 24.3 Å². The lowest BCUT2D eigenvalue weighted by Crippen LogP contribution is -2.22. The first kappa shape index (κ1) is 17.4. The van der Waals surface area contributed by atoms with E-state index in [2.05, 4.69) is 20.7 Å². The average molecular weight is 378 g/mol. The number of rotatable bonds is 6. The van der Waals surface area contributed by atoms with Gasteiger partial charge in [0, 0.05) is 22.5 Å². The van der Waals surface area contributed by atoms with Crippen LogP contribution in [0, 0.1) is 0 Å². The summed E-state index contributed by atoms with van der Waals surface area (Å²) in [7, 11) is 0. The van der Waals surface area contributed by atoms with E-state index in [9.17, 15) is 9.59 Å². The van der Waals surface area contributed by atoms with Gasteiger partial charge in [0.2, 0.25) is 16.0 Å². The maximum atomic E-state index is 12.0. The Hall–Kier alpha value is -2.45. The molecule has 130 valence electrons. The normalized spacial score (nSPS) is 10.8. The summed E-state index contributed by atoms with van der Waals surface area (Å²) in [5, 5.41) is 10.9. The highest BCUT2D eigenvalue weighted by Crippen LogP contribution is 2.17. The van der Waals surface area contributed by atoms with Gasteiger partial charge >= 0.3 is 0 Å². The Morgan fingerprint density at radius 1 is 1.32 bits per heavy atom. The summed E-state index contributed by atoms with van der Waals surface area (Å²) < 4.78 is 1.24. The van der Waals surface area contributed by atoms with Crippen LogP contribution in [0.1, 0.15) is 19.0 Å². The maximum absolute atomic E-state index is 12.0. The Morgan fingerprint density at radius 3 is 2.80 bits per heavy atom. The third-order valence-electron chi connectivity index (χ3n) is 3.33. The van der Waals surface area contributed by atoms with Gasteiger partial charge in [-0.3, -0.25) is 9.59 Å². The number of carbonyl (C=O) groups excluding carboxylic acids is 1. The van der Waals surface area contributed by atoms with E-state index in [4.69, 9.17) is 11.6 Å². The van der Waals surface area contributed by atoms with Crippen molar-refractivity contribution in [3.63, 3.8) is 0 Å². The van der Waals surface area contributed by atoms with Gasteiger partial charge < -0.3 is 10.6 Å². The van der Waals surface area contributed by atoms with Crippen molar-refractivity contribution < 1.29 is 4.79 Å². The number of halogens is 1. The van der Waals surface area contributed by atoms with E-state index in [1.165, 1.54) is 21.9 Å². The molecule has 0 saturated carbocycles. The number of carbonyl (C=O) groups is 1. The van der Waals surface area contributed by atoms with Gasteiger partial charge in [0.15, 0.2) is 0 Å². The fourth-order valence-electron chi connectivity index (χ4n) is 2.21. The molecule has 3 rings (SSSR count). The number of aryl methyl sites for hydroxylation is 1. The smallest absolute Gasteiger partial charge is 0.275 e. The van der Waals surface area contributed by atoms with Gasteiger partial charge in [-0.05, 0) is 30.7 Å². The van der Waals surface area contributed by atoms with Gasteiger partial charge in [-0.1, -0.05) is 36.3 Å². The molecule has 0 aliphatic heterocycles. The molecule has 0 aliphatic rings. The van der Waals surface area contributed by atoms with E-state index in [0.29, 0.717) is 20.8 Å². The Balaban J connectivity index is 1.66. The molecule has 0 bridgehead atoms. The number of nitrogens with one attached hydrogen (secondary N) is 2. The highest BCUT2D eigenvalue weighted by atomic mass is 35.5. The Bertz CT molecular complexity index is 951. The van der Waals surface area contributed by atoms with Crippen molar-refractivity contribution in [1.29, 1.82) is 0 Å². The highest BCUT2D eigenvalue weighted by molar-refractivity contribution is 7.20. The zero-order valence-electron chi connectivity index (χ0n) is 13.5. The number of amides is 1. The number of aromatic nitrogens is 3. The van der Waals surface area contributed by atoms with Crippen LogP contribution in [0.15, 0.2) is 35.1 Å². The van der Waals surface area contributed by atoms with Gasteiger partial charge in [-0.25, -0.2) is 4.98 Å². The van der Waals surface area contributed by atoms with Crippen molar-refractivity contribution in [2.45, 2.75) is 19.8 Å². The molecule has 2 heterocycles. The molecule has 25 heavy (non-hydrogen) atoms. The largest absolute Gasteiger partial charge is 0.351 e. The minimum atomic E-state index is -0.228. The average Bonchev–Trinajstić information content (AvgIpc) is 2.99. The topological polar surface area (TPSA) is 88.4 Å². The van der Waals surface area contributed by atoms with Crippen molar-refractivity contribution in [3.8, 4) is 0 Å². The van der Waals surface area contributed by atoms with E-state index in [0.717, 1.165) is 18.5 Å². The second kappa shape index (κ2) is 7.62. The molecule has 9 heteroatoms. The minimum Gasteiger partial charge on any atom is -0.351 e. The van der Waals surface area contributed by atoms with Crippen LogP contribution in [-0.4, -0.2) is 27.0 Å². The number of hydrogen-bond acceptors (Lipinski definition) is 6. The van der Waals surface area contributed by atoms with Crippen LogP contribution in [0.4, 0.5) is 10.8 Å². The van der Waals surface area contributed by atoms with E-state index >= 15 is 0 Å². The molecule has 0 saturated heterocycles. The molecule has 0 spiro atoms. The second-order valence-electron chi connectivity index (χ2n) is 5.35. The lowest BCUT2D eigenvalue weighted by molar-refractivity contribution is -0.114. The summed E-state index contributed by atoms with van der Waals surface area (Å²) in [6.45, 7) is 2.06. The summed E-state index contributed by atoms with van der Waals surface area (Å²) in [5.41, 5.74) is 1.19. The van der Waals surface area contributed by atoms with Crippen LogP contribution in [-0.2, 0) is 11.2 Å². The second-order valence-corrected chi connectivity index (χ2v) is 6.74. The third-order valence-corrected chi connectivity index (χ3v) is 4.45. The standard InChI is InChI=1S/C16H16ClN5O2S/c1-2-3-12-8-14(24)22-16(20-12)25-15(21-22)18-9-13(23)19-11-6-4-10(17)5-7-11/h4-8H,2-3,9H2,1H3,(H,18,21)(H,19,23). The van der Waals surface area contributed by atoms with Crippen LogP contribution in [0.25, 0.3) is 4.96 Å². The lowest BCUT2D eigenvalue weighted by Gasteiger charge is -2.05. The van der Waals surface area contributed by atoms with Crippen molar-refractivity contribution >= 4 is 44.6 Å². The van der Waals surface area contributed by atoms with Gasteiger partial charge in [0.05, 0.1) is 6.54 Å². The first-order valence-electron chi connectivity index (χ1n) is 7.74. The number of benzene rings is 1. The van der Waals surface area contributed by atoms with Crippen molar-refractivity contribution in [2.75, 3.05) is 17.2 Å². The summed E-state index contributed by atoms with van der Waals surface area (Å²) in [6.07, 6.45) is 1.66. The highest BCUT2D eigenvalue weighted by Gasteiger charge is 2.10. The molecular weight excluding hydrogens is 362 g/mol. The number of nitrogens with zero attached hydrogens (tertiary/aromatic N) is 3. The zero-order chi connectivity index (χ0) is 17.8. The molecule has 2 aromatic heterocycles. The lowest BCUT2D eigenvalue weighted by atomic mass is 10.2. The van der Waals surface area contributed by atoms with Gasteiger partial charge in [0.25, 0.3) is 5.56 Å². The molecule has 1 amide bonds. The van der Waals surface area contributed by atoms with Crippen LogP contribution in [0.3, 0.4) is 0 Å². The molecule has 0 aliphatic carbocycles. The van der Waals surface area contributed by atoms with Crippen LogP contribution < -0.4 is 16.2 Å². The molecule has 0 atom stereocenters. The SMILES string of the molecule is CCCc1cc(=O)n2nc(NCC(=O)Nc3ccc(Cl)cc3)sc2n1. The number of anilines is 2. The summed E-state index contributed by atoms with van der Waals surface area (Å²) in [5.74, 6) is -0.228. The fraction of sp³-hybridized carbons (Fsp3) is 0.250. The predicted molar refractivity (Wildman–Crippen MR) is 99.7 cm³/mol. The van der Waals surface area contributed by atoms with E-state index in [1.807, 2.05) is 6.92 Å². The summed E-state index contributed by atoms with van der Waals surface area (Å²) in [6, 6.07) is 8.33. The van der Waals surface area contributed by atoms with Crippen molar-refractivity contribution in [3.05, 3.63) is 51.4 Å². The molecule has 0 unspecified atom stereocenters. The molecule has 0 radical (unpaired) electrons. The van der Waals surface area contributed by atoms with Gasteiger partial charge in [0.1, 0.15) is 0 Å². The van der Waals surface area contributed by atoms with Crippen molar-refractivity contribution in [2.24, 2.45) is 0 Å². The van der Waals surface area contributed by atoms with E-state index in [-0.39, 0.29) is 18.0 Å². The van der Waals surface area contributed by atoms with E-state index < -0.39 is 0 Å². The quantitative estimate of drug-likeness (QED) is 0.689. The first-order valence-corrected chi connectivity index (χ1v) is 8.93. The number of hydrogen-bond donors (Lipinski definition) is 2. The third kappa shape index (κ3) is 4.34. The summed E-state index contributed by atoms with van der Waals surface area (Å²) >= 11 is 7.04. The summed E-state index contributed by atoms with van der Waals surface area (Å²) in [4.78, 5) is 28.9. The van der Waals surface area contributed by atoms with Gasteiger partial charge in [-0.15, -0.1) is 5.10 Å². The monoisotopic (exact) mass is 377 g/mol. The fourth-order valence-corrected chi connectivity index (χ4v) is 3.15. The van der Waals surface area contributed by atoms with Crippen LogP contribution in [0.5, 0.6) is 0 Å². The van der Waals surface area contributed by atoms with Crippen LogP contribution in [0.2, 0.25) is 5.02 Å². The molecule has 3 aromatic rings. The predicted octanol–water partition coefficient (Wildman–Crippen LogP) is 2.81. The molecule has 1 aromatic carbocycles. The molecular formula is C16H16ClN5O2S. The molecule has 2 N–H and O–H groups in total. The number of fused-ring (bicyclic) bond motifs is 1. The molecule has 7 nitrogen and oxygen atoms in total.